The largest absolute Gasteiger partial charge is 0.494 e. The number of hydrogen-bond donors (Lipinski definition) is 2. The molecule has 4 aromatic rings. The molecule has 0 spiro atoms. The Kier molecular flexibility index (Phi) is 7.60. The van der Waals surface area contributed by atoms with E-state index in [0.717, 1.165) is 71.9 Å². The van der Waals surface area contributed by atoms with E-state index < -0.39 is 0 Å². The number of methoxy groups -OCH3 is 1. The lowest BCUT2D eigenvalue weighted by molar-refractivity contribution is 0.0699. The first-order valence-electron chi connectivity index (χ1n) is 12.9. The molecule has 5 rings (SSSR count). The summed E-state index contributed by atoms with van der Waals surface area (Å²) < 4.78 is 27.1. The summed E-state index contributed by atoms with van der Waals surface area (Å²) in [6, 6.07) is 13.0. The molecule has 1 amide bonds. The second-order valence-electron chi connectivity index (χ2n) is 9.79. The second-order valence-corrected chi connectivity index (χ2v) is 9.79. The number of benzene rings is 2. The van der Waals surface area contributed by atoms with Gasteiger partial charge in [0.2, 0.25) is 0 Å². The summed E-state index contributed by atoms with van der Waals surface area (Å²) in [5.74, 6) is 0.285. The van der Waals surface area contributed by atoms with Gasteiger partial charge in [0, 0.05) is 44.1 Å². The van der Waals surface area contributed by atoms with Crippen molar-refractivity contribution in [3.05, 3.63) is 82.9 Å². The van der Waals surface area contributed by atoms with E-state index in [4.69, 9.17) is 14.5 Å². The van der Waals surface area contributed by atoms with E-state index in [-0.39, 0.29) is 17.5 Å². The molecule has 0 saturated carbocycles. The molecule has 2 N–H and O–H groups in total. The van der Waals surface area contributed by atoms with Crippen molar-refractivity contribution in [1.29, 1.82) is 0 Å². The summed E-state index contributed by atoms with van der Waals surface area (Å²) in [4.78, 5) is 17.0. The third kappa shape index (κ3) is 5.36. The van der Waals surface area contributed by atoms with Crippen LogP contribution in [-0.2, 0) is 11.2 Å². The molecule has 2 aromatic carbocycles. The minimum absolute atomic E-state index is 0.110. The van der Waals surface area contributed by atoms with Crippen LogP contribution in [0.3, 0.4) is 0 Å². The molecular weight excluding hydrogens is 483 g/mol. The van der Waals surface area contributed by atoms with Crippen molar-refractivity contribution in [3.63, 3.8) is 0 Å². The minimum Gasteiger partial charge on any atom is -0.494 e. The number of aryl methyl sites for hydroxylation is 1. The fraction of sp³-hybridized carbons (Fsp3) is 0.333. The summed E-state index contributed by atoms with van der Waals surface area (Å²) in [7, 11) is 3.09. The number of hydrogen-bond acceptors (Lipinski definition) is 5. The van der Waals surface area contributed by atoms with Crippen molar-refractivity contribution in [2.45, 2.75) is 26.2 Å². The van der Waals surface area contributed by atoms with Gasteiger partial charge in [-0.05, 0) is 79.1 Å². The number of pyridine rings is 1. The number of rotatable bonds is 8. The number of anilines is 1. The van der Waals surface area contributed by atoms with Crippen molar-refractivity contribution < 1.29 is 18.7 Å². The Morgan fingerprint density at radius 3 is 2.68 bits per heavy atom. The van der Waals surface area contributed by atoms with E-state index >= 15 is 0 Å². The number of nitrogens with one attached hydrogen (secondary N) is 2. The lowest BCUT2D eigenvalue weighted by Gasteiger charge is -2.23. The van der Waals surface area contributed by atoms with Crippen molar-refractivity contribution in [3.8, 4) is 17.0 Å². The zero-order chi connectivity index (χ0) is 26.6. The van der Waals surface area contributed by atoms with Crippen LogP contribution in [0.4, 0.5) is 10.1 Å². The van der Waals surface area contributed by atoms with Gasteiger partial charge >= 0.3 is 0 Å². The maximum absolute atomic E-state index is 14.4. The molecule has 8 heteroatoms. The Balaban J connectivity index is 1.53. The van der Waals surface area contributed by atoms with E-state index in [9.17, 15) is 9.18 Å². The quantitative estimate of drug-likeness (QED) is 0.335. The molecule has 38 heavy (non-hydrogen) atoms. The fourth-order valence-electron chi connectivity index (χ4n) is 5.06. The number of carbonyl (C=O) groups is 1. The molecule has 0 bridgehead atoms. The first-order chi connectivity index (χ1) is 18.5. The highest BCUT2D eigenvalue weighted by Crippen LogP contribution is 2.29. The zero-order valence-corrected chi connectivity index (χ0v) is 22.0. The van der Waals surface area contributed by atoms with Crippen LogP contribution in [0.2, 0.25) is 0 Å². The molecule has 2 aromatic heterocycles. The van der Waals surface area contributed by atoms with E-state index in [0.29, 0.717) is 17.9 Å². The number of fused-ring (bicyclic) bond motifs is 1. The maximum atomic E-state index is 14.4. The number of aromatic nitrogens is 2. The monoisotopic (exact) mass is 516 g/mol. The van der Waals surface area contributed by atoms with E-state index in [1.165, 1.54) is 13.2 Å². The standard InChI is InChI=1S/C30H33FN4O3/c1-19-12-23(5-6-24(19)30(36)32-2)27-17-34-29-26(33-16-20-8-10-38-11-9-20)15-22(18-35(27)29)13-21-4-7-28(37-3)25(31)14-21/h4-7,12,14-15,17-18,20,33H,8-11,13,16H2,1-3H3,(H,32,36). The van der Waals surface area contributed by atoms with Crippen molar-refractivity contribution in [2.24, 2.45) is 5.92 Å². The van der Waals surface area contributed by atoms with Gasteiger partial charge in [-0.1, -0.05) is 12.1 Å². The smallest absolute Gasteiger partial charge is 0.251 e. The molecule has 0 unspecified atom stereocenters. The molecule has 1 fully saturated rings. The topological polar surface area (TPSA) is 76.9 Å². The van der Waals surface area contributed by atoms with Crippen LogP contribution in [-0.4, -0.2) is 49.2 Å². The van der Waals surface area contributed by atoms with Gasteiger partial charge in [0.05, 0.1) is 24.7 Å². The van der Waals surface area contributed by atoms with E-state index in [1.54, 1.807) is 13.1 Å². The van der Waals surface area contributed by atoms with Crippen LogP contribution in [0, 0.1) is 18.7 Å². The van der Waals surface area contributed by atoms with Crippen LogP contribution < -0.4 is 15.4 Å². The molecule has 1 saturated heterocycles. The van der Waals surface area contributed by atoms with E-state index in [1.807, 2.05) is 37.4 Å². The Labute approximate surface area is 222 Å². The molecular formula is C30H33FN4O3. The fourth-order valence-corrected chi connectivity index (χ4v) is 5.06. The summed E-state index contributed by atoms with van der Waals surface area (Å²) in [6.45, 7) is 4.36. The number of carbonyl (C=O) groups excluding carboxylic acids is 1. The zero-order valence-electron chi connectivity index (χ0n) is 22.0. The summed E-state index contributed by atoms with van der Waals surface area (Å²) >= 11 is 0. The Bertz CT molecular complexity index is 1460. The summed E-state index contributed by atoms with van der Waals surface area (Å²) in [5.41, 5.74) is 7.05. The van der Waals surface area contributed by atoms with Gasteiger partial charge in [-0.25, -0.2) is 9.37 Å². The van der Waals surface area contributed by atoms with Gasteiger partial charge in [-0.15, -0.1) is 0 Å². The molecule has 1 aliphatic heterocycles. The van der Waals surface area contributed by atoms with Gasteiger partial charge in [0.1, 0.15) is 0 Å². The lowest BCUT2D eigenvalue weighted by atomic mass is 10.00. The predicted molar refractivity (Wildman–Crippen MR) is 147 cm³/mol. The third-order valence-corrected chi connectivity index (χ3v) is 7.20. The number of halogens is 1. The number of amides is 1. The predicted octanol–water partition coefficient (Wildman–Crippen LogP) is 5.25. The first kappa shape index (κ1) is 25.7. The summed E-state index contributed by atoms with van der Waals surface area (Å²) in [5, 5.41) is 6.32. The number of ether oxygens (including phenoxy) is 2. The summed E-state index contributed by atoms with van der Waals surface area (Å²) in [6.07, 6.45) is 6.53. The lowest BCUT2D eigenvalue weighted by Crippen LogP contribution is -2.22. The van der Waals surface area contributed by atoms with Gasteiger partial charge in [0.15, 0.2) is 17.2 Å². The van der Waals surface area contributed by atoms with Crippen LogP contribution in [0.1, 0.15) is 39.9 Å². The Morgan fingerprint density at radius 2 is 1.97 bits per heavy atom. The molecule has 0 radical (unpaired) electrons. The highest BCUT2D eigenvalue weighted by Gasteiger charge is 2.17. The Morgan fingerprint density at radius 1 is 1.16 bits per heavy atom. The molecule has 7 nitrogen and oxygen atoms in total. The first-order valence-corrected chi connectivity index (χ1v) is 12.9. The number of nitrogens with zero attached hydrogens (tertiary/aromatic N) is 2. The average Bonchev–Trinajstić information content (AvgIpc) is 3.36. The number of imidazole rings is 1. The SMILES string of the molecule is CNC(=O)c1ccc(-c2cnc3c(NCC4CCOCC4)cc(Cc4ccc(OC)c(F)c4)cn23)cc1C. The van der Waals surface area contributed by atoms with Gasteiger partial charge in [0.25, 0.3) is 5.91 Å². The Hall–Kier alpha value is -3.91. The van der Waals surface area contributed by atoms with E-state index in [2.05, 4.69) is 27.3 Å². The van der Waals surface area contributed by atoms with Gasteiger partial charge < -0.3 is 20.1 Å². The van der Waals surface area contributed by atoms with Crippen LogP contribution in [0.5, 0.6) is 5.75 Å². The minimum atomic E-state index is -0.376. The average molecular weight is 517 g/mol. The third-order valence-electron chi connectivity index (χ3n) is 7.20. The van der Waals surface area contributed by atoms with Crippen molar-refractivity contribution in [1.82, 2.24) is 14.7 Å². The molecule has 0 aliphatic carbocycles. The highest BCUT2D eigenvalue weighted by atomic mass is 19.1. The van der Waals surface area contributed by atoms with Gasteiger partial charge in [-0.2, -0.15) is 0 Å². The highest BCUT2D eigenvalue weighted by molar-refractivity contribution is 5.96. The maximum Gasteiger partial charge on any atom is 0.251 e. The molecule has 1 aliphatic rings. The molecule has 0 atom stereocenters. The molecule has 198 valence electrons. The van der Waals surface area contributed by atoms with Crippen molar-refractivity contribution in [2.75, 3.05) is 39.2 Å². The normalized spacial score (nSPS) is 14.0. The van der Waals surface area contributed by atoms with Crippen LogP contribution >= 0.6 is 0 Å². The van der Waals surface area contributed by atoms with Crippen molar-refractivity contribution >= 4 is 17.2 Å². The molecule has 3 heterocycles. The van der Waals surface area contributed by atoms with Crippen LogP contribution in [0.25, 0.3) is 16.9 Å². The van der Waals surface area contributed by atoms with Crippen LogP contribution in [0.15, 0.2) is 54.9 Å². The second kappa shape index (κ2) is 11.2. The van der Waals surface area contributed by atoms with Gasteiger partial charge in [-0.3, -0.25) is 9.20 Å².